The molecule has 0 bridgehead atoms. The summed E-state index contributed by atoms with van der Waals surface area (Å²) >= 11 is 0. The van der Waals surface area contributed by atoms with Gasteiger partial charge in [-0.25, -0.2) is 0 Å². The first-order valence-electron chi connectivity index (χ1n) is 5.46. The van der Waals surface area contributed by atoms with E-state index < -0.39 is 0 Å². The molecule has 0 aliphatic carbocycles. The highest BCUT2D eigenvalue weighted by Crippen LogP contribution is 2.13. The van der Waals surface area contributed by atoms with Gasteiger partial charge in [-0.1, -0.05) is 17.3 Å². The largest absolute Gasteiger partial charge is 0.497 e. The number of hydrogen-bond acceptors (Lipinski definition) is 5. The molecule has 0 fully saturated rings. The highest BCUT2D eigenvalue weighted by Gasteiger charge is 2.04. The molecule has 0 amide bonds. The van der Waals surface area contributed by atoms with Gasteiger partial charge in [0, 0.05) is 6.42 Å². The van der Waals surface area contributed by atoms with Crippen LogP contribution in [-0.2, 0) is 19.4 Å². The molecule has 0 radical (unpaired) electrons. The molecule has 0 saturated heterocycles. The average molecular weight is 233 g/mol. The Morgan fingerprint density at radius 3 is 2.59 bits per heavy atom. The van der Waals surface area contributed by atoms with Crippen LogP contribution in [0.5, 0.6) is 5.75 Å². The highest BCUT2D eigenvalue weighted by molar-refractivity contribution is 5.27. The lowest BCUT2D eigenvalue weighted by Gasteiger charge is -2.01. The number of aryl methyl sites for hydroxylation is 2. The van der Waals surface area contributed by atoms with Crippen molar-refractivity contribution in [2.45, 2.75) is 19.4 Å². The number of benzene rings is 1. The minimum absolute atomic E-state index is 0.312. The highest BCUT2D eigenvalue weighted by atomic mass is 16.5. The van der Waals surface area contributed by atoms with Crippen molar-refractivity contribution in [3.63, 3.8) is 0 Å². The van der Waals surface area contributed by atoms with Crippen molar-refractivity contribution < 1.29 is 9.26 Å². The van der Waals surface area contributed by atoms with Crippen molar-refractivity contribution in [2.75, 3.05) is 7.11 Å². The molecule has 0 aliphatic rings. The third-order valence-electron chi connectivity index (χ3n) is 2.48. The predicted octanol–water partition coefficient (Wildman–Crippen LogP) is 1.32. The van der Waals surface area contributed by atoms with Gasteiger partial charge >= 0.3 is 0 Å². The van der Waals surface area contributed by atoms with Crippen LogP contribution in [0.15, 0.2) is 28.8 Å². The molecular weight excluding hydrogens is 218 g/mol. The van der Waals surface area contributed by atoms with E-state index in [1.54, 1.807) is 7.11 Å². The second kappa shape index (κ2) is 5.45. The maximum absolute atomic E-state index is 5.40. The van der Waals surface area contributed by atoms with Gasteiger partial charge in [0.1, 0.15) is 5.75 Å². The van der Waals surface area contributed by atoms with Crippen LogP contribution < -0.4 is 10.5 Å². The van der Waals surface area contributed by atoms with Crippen LogP contribution in [0.25, 0.3) is 0 Å². The molecule has 0 unspecified atom stereocenters. The summed E-state index contributed by atoms with van der Waals surface area (Å²) in [6, 6.07) is 7.93. The van der Waals surface area contributed by atoms with Crippen LogP contribution in [0, 0.1) is 0 Å². The van der Waals surface area contributed by atoms with Crippen LogP contribution in [0.1, 0.15) is 17.3 Å². The number of nitrogens with zero attached hydrogens (tertiary/aromatic N) is 2. The molecule has 2 rings (SSSR count). The Bertz CT molecular complexity index is 465. The van der Waals surface area contributed by atoms with Gasteiger partial charge in [0.25, 0.3) is 0 Å². The summed E-state index contributed by atoms with van der Waals surface area (Å²) in [5.41, 5.74) is 6.61. The Morgan fingerprint density at radius 1 is 1.24 bits per heavy atom. The summed E-state index contributed by atoms with van der Waals surface area (Å²) < 4.78 is 10.2. The van der Waals surface area contributed by atoms with Crippen molar-refractivity contribution in [3.8, 4) is 5.75 Å². The summed E-state index contributed by atoms with van der Waals surface area (Å²) in [6.45, 7) is 0.312. The zero-order chi connectivity index (χ0) is 12.1. The van der Waals surface area contributed by atoms with Gasteiger partial charge < -0.3 is 15.0 Å². The molecule has 5 heteroatoms. The van der Waals surface area contributed by atoms with Crippen molar-refractivity contribution in [2.24, 2.45) is 5.73 Å². The second-order valence-electron chi connectivity index (χ2n) is 3.66. The first-order valence-corrected chi connectivity index (χ1v) is 5.46. The first-order chi connectivity index (χ1) is 8.31. The van der Waals surface area contributed by atoms with E-state index in [2.05, 4.69) is 10.1 Å². The number of aromatic nitrogens is 2. The molecule has 90 valence electrons. The zero-order valence-electron chi connectivity index (χ0n) is 9.72. The molecule has 0 spiro atoms. The Balaban J connectivity index is 1.92. The average Bonchev–Trinajstić information content (AvgIpc) is 2.85. The number of rotatable bonds is 5. The molecule has 2 N–H and O–H groups in total. The van der Waals surface area contributed by atoms with Crippen molar-refractivity contribution in [3.05, 3.63) is 41.5 Å². The van der Waals surface area contributed by atoms with E-state index in [9.17, 15) is 0 Å². The van der Waals surface area contributed by atoms with E-state index in [4.69, 9.17) is 15.0 Å². The number of nitrogens with two attached hydrogens (primary N) is 1. The fourth-order valence-corrected chi connectivity index (χ4v) is 1.52. The standard InChI is InChI=1S/C12H15N3O2/c1-16-10-5-2-9(3-6-10)4-7-12-14-11(8-13)15-17-12/h2-3,5-6H,4,7-8,13H2,1H3. The van der Waals surface area contributed by atoms with Crippen LogP contribution in [0.3, 0.4) is 0 Å². The van der Waals surface area contributed by atoms with Crippen LogP contribution >= 0.6 is 0 Å². The molecule has 1 heterocycles. The molecule has 1 aromatic heterocycles. The lowest BCUT2D eigenvalue weighted by molar-refractivity contribution is 0.373. The lowest BCUT2D eigenvalue weighted by Crippen LogP contribution is -1.98. The topological polar surface area (TPSA) is 74.2 Å². The minimum Gasteiger partial charge on any atom is -0.497 e. The molecule has 5 nitrogen and oxygen atoms in total. The molecule has 0 aliphatic heterocycles. The van der Waals surface area contributed by atoms with E-state index in [0.29, 0.717) is 18.3 Å². The smallest absolute Gasteiger partial charge is 0.227 e. The monoisotopic (exact) mass is 233 g/mol. The van der Waals surface area contributed by atoms with Gasteiger partial charge in [-0.05, 0) is 24.1 Å². The molecule has 1 aromatic carbocycles. The van der Waals surface area contributed by atoms with Gasteiger partial charge in [-0.3, -0.25) is 0 Å². The van der Waals surface area contributed by atoms with Gasteiger partial charge in [0.05, 0.1) is 13.7 Å². The van der Waals surface area contributed by atoms with Crippen LogP contribution in [0.2, 0.25) is 0 Å². The lowest BCUT2D eigenvalue weighted by atomic mass is 10.1. The molecule has 0 saturated carbocycles. The van der Waals surface area contributed by atoms with E-state index in [-0.39, 0.29) is 0 Å². The van der Waals surface area contributed by atoms with Crippen molar-refractivity contribution in [1.82, 2.24) is 10.1 Å². The summed E-state index contributed by atoms with van der Waals surface area (Å²) in [4.78, 5) is 4.15. The number of hydrogen-bond donors (Lipinski definition) is 1. The number of ether oxygens (including phenoxy) is 1. The Kier molecular flexibility index (Phi) is 3.72. The summed E-state index contributed by atoms with van der Waals surface area (Å²) in [5.74, 6) is 2.04. The van der Waals surface area contributed by atoms with E-state index in [1.165, 1.54) is 5.56 Å². The van der Waals surface area contributed by atoms with Gasteiger partial charge in [-0.15, -0.1) is 0 Å². The van der Waals surface area contributed by atoms with E-state index in [0.717, 1.165) is 18.6 Å². The van der Waals surface area contributed by atoms with E-state index in [1.807, 2.05) is 24.3 Å². The molecule has 0 atom stereocenters. The Labute approximate surface area is 99.6 Å². The zero-order valence-corrected chi connectivity index (χ0v) is 9.72. The quantitative estimate of drug-likeness (QED) is 0.843. The minimum atomic E-state index is 0.312. The van der Waals surface area contributed by atoms with E-state index >= 15 is 0 Å². The van der Waals surface area contributed by atoms with Crippen molar-refractivity contribution in [1.29, 1.82) is 0 Å². The molecule has 17 heavy (non-hydrogen) atoms. The fourth-order valence-electron chi connectivity index (χ4n) is 1.52. The summed E-state index contributed by atoms with van der Waals surface area (Å²) in [6.07, 6.45) is 1.58. The summed E-state index contributed by atoms with van der Waals surface area (Å²) in [5, 5.41) is 3.74. The second-order valence-corrected chi connectivity index (χ2v) is 3.66. The van der Waals surface area contributed by atoms with Crippen molar-refractivity contribution >= 4 is 0 Å². The maximum atomic E-state index is 5.40. The Morgan fingerprint density at radius 2 is 2.00 bits per heavy atom. The summed E-state index contributed by atoms with van der Waals surface area (Å²) in [7, 11) is 1.65. The predicted molar refractivity (Wildman–Crippen MR) is 62.6 cm³/mol. The molecule has 2 aromatic rings. The Hall–Kier alpha value is -1.88. The normalized spacial score (nSPS) is 10.5. The molecular formula is C12H15N3O2. The van der Waals surface area contributed by atoms with Gasteiger partial charge in [0.15, 0.2) is 5.82 Å². The maximum Gasteiger partial charge on any atom is 0.227 e. The first kappa shape index (κ1) is 11.6. The van der Waals surface area contributed by atoms with Crippen LogP contribution in [0.4, 0.5) is 0 Å². The van der Waals surface area contributed by atoms with Gasteiger partial charge in [-0.2, -0.15) is 4.98 Å². The SMILES string of the molecule is COc1ccc(CCc2nc(CN)no2)cc1. The fraction of sp³-hybridized carbons (Fsp3) is 0.333. The van der Waals surface area contributed by atoms with Gasteiger partial charge in [0.2, 0.25) is 5.89 Å². The third-order valence-corrected chi connectivity index (χ3v) is 2.48. The third kappa shape index (κ3) is 3.04. The number of methoxy groups -OCH3 is 1. The van der Waals surface area contributed by atoms with Crippen LogP contribution in [-0.4, -0.2) is 17.3 Å².